The first kappa shape index (κ1) is 11.2. The van der Waals surface area contributed by atoms with Gasteiger partial charge in [0.05, 0.1) is 11.0 Å². The molecule has 2 aliphatic rings. The third kappa shape index (κ3) is 1.87. The zero-order valence-corrected chi connectivity index (χ0v) is 10.1. The van der Waals surface area contributed by atoms with E-state index in [0.29, 0.717) is 19.5 Å². The minimum Gasteiger partial charge on any atom is -0.340 e. The molecule has 86 valence electrons. The van der Waals surface area contributed by atoms with Crippen LogP contribution in [0.1, 0.15) is 13.3 Å². The summed E-state index contributed by atoms with van der Waals surface area (Å²) in [6.07, 6.45) is 0.688. The second kappa shape index (κ2) is 3.63. The van der Waals surface area contributed by atoms with Gasteiger partial charge in [0, 0.05) is 13.1 Å². The molecule has 1 amide bonds. The number of rotatable bonds is 1. The quantitative estimate of drug-likeness (QED) is 0.628. The van der Waals surface area contributed by atoms with E-state index >= 15 is 0 Å². The van der Waals surface area contributed by atoms with Crippen molar-refractivity contribution in [3.05, 3.63) is 0 Å². The van der Waals surface area contributed by atoms with Gasteiger partial charge in [-0.25, -0.2) is 8.42 Å². The number of carbonyl (C=O) groups excluding carboxylic acids is 1. The topological polar surface area (TPSA) is 54.5 Å². The highest BCUT2D eigenvalue weighted by molar-refractivity contribution is 7.92. The number of fused-ring (bicyclic) bond motifs is 1. The van der Waals surface area contributed by atoms with Gasteiger partial charge in [-0.15, -0.1) is 11.6 Å². The summed E-state index contributed by atoms with van der Waals surface area (Å²) in [6, 6.07) is 0. The number of nitrogens with zero attached hydrogens (tertiary/aromatic N) is 1. The molecular weight excluding hydrogens is 238 g/mol. The van der Waals surface area contributed by atoms with Gasteiger partial charge in [0.1, 0.15) is 5.38 Å². The molecule has 0 aromatic carbocycles. The summed E-state index contributed by atoms with van der Waals surface area (Å²) < 4.78 is 23.2. The Morgan fingerprint density at radius 1 is 1.47 bits per heavy atom. The molecule has 0 aliphatic carbocycles. The molecule has 2 rings (SSSR count). The molecule has 0 aromatic rings. The van der Waals surface area contributed by atoms with E-state index < -0.39 is 15.2 Å². The highest BCUT2D eigenvalue weighted by Gasteiger charge is 2.47. The number of alkyl halides is 1. The number of hydrogen-bond acceptors (Lipinski definition) is 3. The number of likely N-dealkylation sites (tertiary alicyclic amines) is 1. The molecule has 2 heterocycles. The van der Waals surface area contributed by atoms with E-state index in [4.69, 9.17) is 11.6 Å². The predicted octanol–water partition coefficient (Wildman–Crippen LogP) is 0.259. The van der Waals surface area contributed by atoms with Crippen LogP contribution in [0, 0.1) is 5.92 Å². The van der Waals surface area contributed by atoms with Crippen LogP contribution in [-0.2, 0) is 14.6 Å². The number of sulfone groups is 1. The van der Waals surface area contributed by atoms with Crippen molar-refractivity contribution in [2.75, 3.05) is 18.8 Å². The van der Waals surface area contributed by atoms with E-state index in [1.165, 1.54) is 0 Å². The summed E-state index contributed by atoms with van der Waals surface area (Å²) in [5.41, 5.74) is 0. The monoisotopic (exact) mass is 251 g/mol. The summed E-state index contributed by atoms with van der Waals surface area (Å²) in [6.45, 7) is 2.51. The average Bonchev–Trinajstić information content (AvgIpc) is 2.66. The lowest BCUT2D eigenvalue weighted by Gasteiger charge is -2.18. The Morgan fingerprint density at radius 2 is 2.13 bits per heavy atom. The first-order valence-corrected chi connectivity index (χ1v) is 7.21. The zero-order chi connectivity index (χ0) is 11.2. The molecule has 0 radical (unpaired) electrons. The van der Waals surface area contributed by atoms with Crippen LogP contribution < -0.4 is 0 Å². The van der Waals surface area contributed by atoms with Gasteiger partial charge in [-0.2, -0.15) is 0 Å². The predicted molar refractivity (Wildman–Crippen MR) is 57.6 cm³/mol. The number of hydrogen-bond donors (Lipinski definition) is 0. The number of amides is 1. The van der Waals surface area contributed by atoms with Gasteiger partial charge >= 0.3 is 0 Å². The molecule has 0 saturated carbocycles. The number of halogens is 1. The van der Waals surface area contributed by atoms with Crippen LogP contribution in [0.4, 0.5) is 0 Å². The van der Waals surface area contributed by atoms with Crippen LogP contribution >= 0.6 is 11.6 Å². The molecule has 0 spiro atoms. The zero-order valence-electron chi connectivity index (χ0n) is 8.52. The normalized spacial score (nSPS) is 35.2. The fourth-order valence-electron chi connectivity index (χ4n) is 2.42. The molecule has 3 atom stereocenters. The molecule has 0 aromatic heterocycles. The van der Waals surface area contributed by atoms with Crippen LogP contribution in [0.25, 0.3) is 0 Å². The van der Waals surface area contributed by atoms with Gasteiger partial charge in [0.25, 0.3) is 0 Å². The average molecular weight is 252 g/mol. The van der Waals surface area contributed by atoms with E-state index in [0.717, 1.165) is 0 Å². The van der Waals surface area contributed by atoms with Crippen LogP contribution in [-0.4, -0.2) is 48.7 Å². The van der Waals surface area contributed by atoms with Crippen molar-refractivity contribution in [3.63, 3.8) is 0 Å². The Hall–Kier alpha value is -0.290. The van der Waals surface area contributed by atoms with Crippen molar-refractivity contribution in [1.29, 1.82) is 0 Å². The molecule has 2 fully saturated rings. The lowest BCUT2D eigenvalue weighted by molar-refractivity contribution is -0.129. The maximum atomic E-state index is 11.6. The standard InChI is InChI=1S/C9H14ClNO3S/c1-6(10)9(12)11-4-7-2-3-15(13,14)8(7)5-11/h6-8H,2-5H2,1H3/t6?,7-,8+/m0/s1. The molecule has 0 bridgehead atoms. The molecule has 15 heavy (non-hydrogen) atoms. The van der Waals surface area contributed by atoms with E-state index in [9.17, 15) is 13.2 Å². The minimum atomic E-state index is -2.95. The fourth-order valence-corrected chi connectivity index (χ4v) is 4.71. The summed E-state index contributed by atoms with van der Waals surface area (Å²) in [7, 11) is -2.95. The van der Waals surface area contributed by atoms with Crippen LogP contribution in [0.2, 0.25) is 0 Å². The van der Waals surface area contributed by atoms with Gasteiger partial charge in [-0.05, 0) is 19.3 Å². The Morgan fingerprint density at radius 3 is 2.67 bits per heavy atom. The van der Waals surface area contributed by atoms with Gasteiger partial charge in [-0.1, -0.05) is 0 Å². The Kier molecular flexibility index (Phi) is 2.71. The lowest BCUT2D eigenvalue weighted by atomic mass is 10.1. The minimum absolute atomic E-state index is 0.134. The maximum absolute atomic E-state index is 11.6. The van der Waals surface area contributed by atoms with Crippen molar-refractivity contribution in [1.82, 2.24) is 4.90 Å². The third-order valence-corrected chi connectivity index (χ3v) is 5.72. The van der Waals surface area contributed by atoms with E-state index in [-0.39, 0.29) is 22.8 Å². The molecule has 2 saturated heterocycles. The van der Waals surface area contributed by atoms with Crippen molar-refractivity contribution in [2.45, 2.75) is 24.0 Å². The van der Waals surface area contributed by atoms with E-state index in [1.54, 1.807) is 11.8 Å². The summed E-state index contributed by atoms with van der Waals surface area (Å²) in [5, 5.41) is -0.900. The maximum Gasteiger partial charge on any atom is 0.240 e. The van der Waals surface area contributed by atoms with E-state index in [2.05, 4.69) is 0 Å². The Balaban J connectivity index is 2.11. The molecule has 4 nitrogen and oxygen atoms in total. The molecule has 0 N–H and O–H groups in total. The van der Waals surface area contributed by atoms with Crippen molar-refractivity contribution < 1.29 is 13.2 Å². The van der Waals surface area contributed by atoms with Crippen molar-refractivity contribution in [3.8, 4) is 0 Å². The highest BCUT2D eigenvalue weighted by Crippen LogP contribution is 2.33. The number of carbonyl (C=O) groups is 1. The largest absolute Gasteiger partial charge is 0.340 e. The molecule has 1 unspecified atom stereocenters. The lowest BCUT2D eigenvalue weighted by Crippen LogP contribution is -2.36. The summed E-state index contributed by atoms with van der Waals surface area (Å²) in [4.78, 5) is 13.2. The van der Waals surface area contributed by atoms with Crippen LogP contribution in [0.15, 0.2) is 0 Å². The van der Waals surface area contributed by atoms with Crippen molar-refractivity contribution >= 4 is 27.3 Å². The second-order valence-corrected chi connectivity index (χ2v) is 7.31. The van der Waals surface area contributed by atoms with Gasteiger partial charge in [0.15, 0.2) is 9.84 Å². The van der Waals surface area contributed by atoms with Gasteiger partial charge in [0.2, 0.25) is 5.91 Å². The Labute approximate surface area is 94.5 Å². The smallest absolute Gasteiger partial charge is 0.240 e. The highest BCUT2D eigenvalue weighted by atomic mass is 35.5. The molecule has 2 aliphatic heterocycles. The van der Waals surface area contributed by atoms with Crippen molar-refractivity contribution in [2.24, 2.45) is 5.92 Å². The fraction of sp³-hybridized carbons (Fsp3) is 0.889. The summed E-state index contributed by atoms with van der Waals surface area (Å²) in [5.74, 6) is 0.261. The first-order chi connectivity index (χ1) is 6.92. The summed E-state index contributed by atoms with van der Waals surface area (Å²) >= 11 is 5.70. The third-order valence-electron chi connectivity index (χ3n) is 3.27. The Bertz CT molecular complexity index is 379. The molecular formula is C9H14ClNO3S. The first-order valence-electron chi connectivity index (χ1n) is 5.06. The van der Waals surface area contributed by atoms with Gasteiger partial charge in [-0.3, -0.25) is 4.79 Å². The van der Waals surface area contributed by atoms with Crippen LogP contribution in [0.3, 0.4) is 0 Å². The van der Waals surface area contributed by atoms with Crippen LogP contribution in [0.5, 0.6) is 0 Å². The second-order valence-electron chi connectivity index (χ2n) is 4.31. The molecule has 6 heteroatoms. The van der Waals surface area contributed by atoms with Gasteiger partial charge < -0.3 is 4.90 Å². The van der Waals surface area contributed by atoms with E-state index in [1.807, 2.05) is 0 Å². The SMILES string of the molecule is CC(Cl)C(=O)N1C[C@@H]2CCS(=O)(=O)[C@@H]2C1.